The second-order valence-electron chi connectivity index (χ2n) is 7.10. The maximum Gasteiger partial charge on any atom is 0.253 e. The molecule has 0 spiro atoms. The number of thioether (sulfide) groups is 1. The predicted octanol–water partition coefficient (Wildman–Crippen LogP) is 2.98. The molecule has 4 rings (SSSR count). The molecule has 2 aromatic carbocycles. The van der Waals surface area contributed by atoms with Gasteiger partial charge in [0.15, 0.2) is 0 Å². The summed E-state index contributed by atoms with van der Waals surface area (Å²) in [7, 11) is 0. The van der Waals surface area contributed by atoms with Crippen LogP contribution in [0.1, 0.15) is 35.2 Å². The van der Waals surface area contributed by atoms with Crippen molar-refractivity contribution in [3.63, 3.8) is 0 Å². The molecule has 0 unspecified atom stereocenters. The topological polar surface area (TPSA) is 102 Å². The third-order valence-electron chi connectivity index (χ3n) is 4.70. The van der Waals surface area contributed by atoms with Crippen LogP contribution in [0.4, 0.5) is 5.69 Å². The van der Waals surface area contributed by atoms with Crippen molar-refractivity contribution < 1.29 is 9.59 Å². The predicted molar refractivity (Wildman–Crippen MR) is 115 cm³/mol. The lowest BCUT2D eigenvalue weighted by atomic mass is 10.1. The molecule has 0 atom stereocenters. The van der Waals surface area contributed by atoms with E-state index in [1.165, 1.54) is 11.8 Å². The molecule has 1 saturated carbocycles. The molecular formula is C21H22N6O2S. The summed E-state index contributed by atoms with van der Waals surface area (Å²) in [5, 5.41) is 18.3. The molecular weight excluding hydrogens is 400 g/mol. The van der Waals surface area contributed by atoms with Crippen molar-refractivity contribution in [3.8, 4) is 5.69 Å². The molecule has 8 nitrogen and oxygen atoms in total. The van der Waals surface area contributed by atoms with Gasteiger partial charge in [0.1, 0.15) is 0 Å². The number of nitrogens with zero attached hydrogens (tertiary/aromatic N) is 4. The Hall–Kier alpha value is -3.20. The number of nitrogens with one attached hydrogen (secondary N) is 2. The number of amides is 2. The van der Waals surface area contributed by atoms with Gasteiger partial charge in [0.05, 0.1) is 16.9 Å². The highest BCUT2D eigenvalue weighted by atomic mass is 32.2. The lowest BCUT2D eigenvalue weighted by Gasteiger charge is -2.11. The van der Waals surface area contributed by atoms with E-state index in [4.69, 9.17) is 0 Å². The quantitative estimate of drug-likeness (QED) is 0.541. The number of hydrogen-bond acceptors (Lipinski definition) is 6. The van der Waals surface area contributed by atoms with Crippen molar-refractivity contribution in [2.24, 2.45) is 0 Å². The summed E-state index contributed by atoms with van der Waals surface area (Å²) in [6.07, 6.45) is 2.29. The molecule has 1 aliphatic rings. The number of aryl methyl sites for hydroxylation is 1. The molecule has 9 heteroatoms. The van der Waals surface area contributed by atoms with E-state index in [2.05, 4.69) is 26.2 Å². The summed E-state index contributed by atoms with van der Waals surface area (Å²) >= 11 is 1.41. The third kappa shape index (κ3) is 4.85. The molecule has 154 valence electrons. The average molecular weight is 423 g/mol. The number of tetrazole rings is 1. The van der Waals surface area contributed by atoms with Crippen LogP contribution >= 0.6 is 11.8 Å². The van der Waals surface area contributed by atoms with Gasteiger partial charge >= 0.3 is 0 Å². The van der Waals surface area contributed by atoms with Gasteiger partial charge in [0.25, 0.3) is 5.91 Å². The summed E-state index contributed by atoms with van der Waals surface area (Å²) in [6, 6.07) is 15.2. The molecule has 30 heavy (non-hydrogen) atoms. The second kappa shape index (κ2) is 9.08. The van der Waals surface area contributed by atoms with Gasteiger partial charge in [-0.1, -0.05) is 42.1 Å². The monoisotopic (exact) mass is 422 g/mol. The van der Waals surface area contributed by atoms with Gasteiger partial charge in [-0.25, -0.2) is 0 Å². The highest BCUT2D eigenvalue weighted by Gasteiger charge is 2.25. The summed E-state index contributed by atoms with van der Waals surface area (Å²) < 4.78 is 1.68. The van der Waals surface area contributed by atoms with E-state index in [1.54, 1.807) is 28.9 Å². The number of para-hydroxylation sites is 2. The van der Waals surface area contributed by atoms with Gasteiger partial charge in [-0.15, -0.1) is 5.10 Å². The Morgan fingerprint density at radius 2 is 1.90 bits per heavy atom. The van der Waals surface area contributed by atoms with Crippen LogP contribution in [0.5, 0.6) is 0 Å². The Bertz CT molecular complexity index is 1060. The molecule has 1 aliphatic carbocycles. The highest BCUT2D eigenvalue weighted by molar-refractivity contribution is 7.99. The second-order valence-corrected chi connectivity index (χ2v) is 8.16. The lowest BCUT2D eigenvalue weighted by molar-refractivity contribution is -0.115. The molecule has 3 aromatic rings. The standard InChI is InChI=1S/C21H22N6O2S/c1-14-6-2-5-9-18(14)27-21(24-25-26-27)30-13-12-19(28)23-17-8-4-3-7-16(17)20(29)22-15-10-11-15/h2-9,15H,10-13H2,1H3,(H,22,29)(H,23,28). The highest BCUT2D eigenvalue weighted by Crippen LogP contribution is 2.23. The van der Waals surface area contributed by atoms with E-state index in [1.807, 2.05) is 31.2 Å². The number of carbonyl (C=O) groups excluding carboxylic acids is 2. The summed E-state index contributed by atoms with van der Waals surface area (Å²) in [5.41, 5.74) is 2.97. The number of rotatable bonds is 8. The van der Waals surface area contributed by atoms with Crippen LogP contribution in [0.15, 0.2) is 53.7 Å². The molecule has 0 saturated heterocycles. The Labute approximate surface area is 178 Å². The maximum atomic E-state index is 12.4. The minimum absolute atomic E-state index is 0.153. The minimum Gasteiger partial charge on any atom is -0.349 e. The van der Waals surface area contributed by atoms with E-state index in [-0.39, 0.29) is 24.3 Å². The van der Waals surface area contributed by atoms with Crippen molar-refractivity contribution in [2.45, 2.75) is 37.4 Å². The van der Waals surface area contributed by atoms with Crippen molar-refractivity contribution in [1.29, 1.82) is 0 Å². The van der Waals surface area contributed by atoms with Gasteiger partial charge in [-0.3, -0.25) is 9.59 Å². The summed E-state index contributed by atoms with van der Waals surface area (Å²) in [5.74, 6) is 0.193. The SMILES string of the molecule is Cc1ccccc1-n1nnnc1SCCC(=O)Nc1ccccc1C(=O)NC1CC1. The van der Waals surface area contributed by atoms with E-state index in [9.17, 15) is 9.59 Å². The first kappa shape index (κ1) is 20.1. The first-order valence-electron chi connectivity index (χ1n) is 9.79. The molecule has 2 N–H and O–H groups in total. The fraction of sp³-hybridized carbons (Fsp3) is 0.286. The van der Waals surface area contributed by atoms with Gasteiger partial charge in [0, 0.05) is 18.2 Å². The number of hydrogen-bond donors (Lipinski definition) is 2. The molecule has 1 heterocycles. The molecule has 0 radical (unpaired) electrons. The Kier molecular flexibility index (Phi) is 6.08. The largest absolute Gasteiger partial charge is 0.349 e. The molecule has 0 bridgehead atoms. The van der Waals surface area contributed by atoms with Crippen LogP contribution < -0.4 is 10.6 Å². The van der Waals surface area contributed by atoms with Gasteiger partial charge in [0.2, 0.25) is 11.1 Å². The van der Waals surface area contributed by atoms with Crippen molar-refractivity contribution in [3.05, 3.63) is 59.7 Å². The summed E-state index contributed by atoms with van der Waals surface area (Å²) in [6.45, 7) is 2.00. The van der Waals surface area contributed by atoms with Gasteiger partial charge in [-0.2, -0.15) is 4.68 Å². The summed E-state index contributed by atoms with van der Waals surface area (Å²) in [4.78, 5) is 24.8. The van der Waals surface area contributed by atoms with Crippen LogP contribution in [0.25, 0.3) is 5.69 Å². The fourth-order valence-electron chi connectivity index (χ4n) is 2.95. The fourth-order valence-corrected chi connectivity index (χ4v) is 3.77. The average Bonchev–Trinajstić information content (AvgIpc) is 3.43. The van der Waals surface area contributed by atoms with E-state index < -0.39 is 0 Å². The zero-order valence-electron chi connectivity index (χ0n) is 16.5. The zero-order chi connectivity index (χ0) is 20.9. The van der Waals surface area contributed by atoms with Crippen molar-refractivity contribution >= 4 is 29.3 Å². The van der Waals surface area contributed by atoms with E-state index in [0.717, 1.165) is 24.1 Å². The number of anilines is 1. The van der Waals surface area contributed by atoms with Crippen LogP contribution in [0.2, 0.25) is 0 Å². The van der Waals surface area contributed by atoms with Crippen molar-refractivity contribution in [1.82, 2.24) is 25.5 Å². The Morgan fingerprint density at radius 1 is 1.13 bits per heavy atom. The maximum absolute atomic E-state index is 12.4. The van der Waals surface area contributed by atoms with Crippen molar-refractivity contribution in [2.75, 3.05) is 11.1 Å². The smallest absolute Gasteiger partial charge is 0.253 e. The number of carbonyl (C=O) groups is 2. The molecule has 2 amide bonds. The zero-order valence-corrected chi connectivity index (χ0v) is 17.4. The van der Waals surface area contributed by atoms with Crippen LogP contribution in [0.3, 0.4) is 0 Å². The Morgan fingerprint density at radius 3 is 2.70 bits per heavy atom. The number of aromatic nitrogens is 4. The number of benzene rings is 2. The van der Waals surface area contributed by atoms with E-state index in [0.29, 0.717) is 22.2 Å². The van der Waals surface area contributed by atoms with Crippen LogP contribution in [-0.4, -0.2) is 43.8 Å². The third-order valence-corrected chi connectivity index (χ3v) is 5.62. The molecule has 1 fully saturated rings. The minimum atomic E-state index is -0.163. The van der Waals surface area contributed by atoms with E-state index >= 15 is 0 Å². The van der Waals surface area contributed by atoms with Crippen LogP contribution in [-0.2, 0) is 4.79 Å². The van der Waals surface area contributed by atoms with Crippen LogP contribution in [0, 0.1) is 6.92 Å². The lowest BCUT2D eigenvalue weighted by Crippen LogP contribution is -2.27. The first-order valence-corrected chi connectivity index (χ1v) is 10.8. The normalized spacial score (nSPS) is 13.1. The molecule has 0 aliphatic heterocycles. The van der Waals surface area contributed by atoms with Gasteiger partial charge in [-0.05, 0) is 54.0 Å². The first-order chi connectivity index (χ1) is 14.6. The molecule has 1 aromatic heterocycles. The van der Waals surface area contributed by atoms with Gasteiger partial charge < -0.3 is 10.6 Å². The Balaban J connectivity index is 1.34.